The van der Waals surface area contributed by atoms with Gasteiger partial charge in [-0.1, -0.05) is 55.5 Å². The topological polar surface area (TPSA) is 54.4 Å². The maximum atomic E-state index is 11.6. The van der Waals surface area contributed by atoms with E-state index in [1.165, 1.54) is 6.92 Å². The second-order valence-electron chi connectivity index (χ2n) is 4.49. The number of unbranched alkanes of at least 4 members (excludes halogenated alkanes) is 3. The fourth-order valence-corrected chi connectivity index (χ4v) is 2.22. The predicted octanol–water partition coefficient (Wildman–Crippen LogP) is 3.40. The third-order valence-electron chi connectivity index (χ3n) is 3.13. The summed E-state index contributed by atoms with van der Waals surface area (Å²) < 4.78 is 0. The van der Waals surface area contributed by atoms with Crippen molar-refractivity contribution in [1.29, 1.82) is 0 Å². The fraction of sp³-hybridized carbons (Fsp3) is 0.833. The average Bonchev–Trinajstić information content (AvgIpc) is 2.22. The van der Waals surface area contributed by atoms with Crippen molar-refractivity contribution in [3.63, 3.8) is 0 Å². The zero-order valence-corrected chi connectivity index (χ0v) is 11.8. The van der Waals surface area contributed by atoms with Crippen molar-refractivity contribution < 1.29 is 14.7 Å². The van der Waals surface area contributed by atoms with Crippen LogP contribution in [-0.4, -0.2) is 21.7 Å². The maximum absolute atomic E-state index is 11.6. The van der Waals surface area contributed by atoms with Crippen molar-refractivity contribution >= 4 is 27.7 Å². The van der Waals surface area contributed by atoms with Gasteiger partial charge in [-0.2, -0.15) is 0 Å². The van der Waals surface area contributed by atoms with E-state index in [-0.39, 0.29) is 5.78 Å². The molecule has 0 aliphatic rings. The molecule has 16 heavy (non-hydrogen) atoms. The van der Waals surface area contributed by atoms with Crippen LogP contribution in [0.3, 0.4) is 0 Å². The largest absolute Gasteiger partial charge is 0.480 e. The number of halogens is 1. The molecule has 0 aliphatic carbocycles. The quantitative estimate of drug-likeness (QED) is 0.551. The smallest absolute Gasteiger partial charge is 0.318 e. The van der Waals surface area contributed by atoms with Crippen LogP contribution < -0.4 is 0 Å². The summed E-state index contributed by atoms with van der Waals surface area (Å²) in [5, 5.41) is 8.97. The molecule has 4 heteroatoms. The predicted molar refractivity (Wildman–Crippen MR) is 67.9 cm³/mol. The minimum absolute atomic E-state index is 0.0618. The van der Waals surface area contributed by atoms with E-state index in [2.05, 4.69) is 22.9 Å². The molecular formula is C12H21BrO3. The molecule has 0 rings (SSSR count). The molecule has 0 amide bonds. The van der Waals surface area contributed by atoms with Crippen molar-refractivity contribution in [3.05, 3.63) is 0 Å². The van der Waals surface area contributed by atoms with Gasteiger partial charge in [-0.15, -0.1) is 0 Å². The van der Waals surface area contributed by atoms with Gasteiger partial charge >= 0.3 is 5.97 Å². The highest BCUT2D eigenvalue weighted by atomic mass is 79.9. The van der Waals surface area contributed by atoms with Crippen LogP contribution in [0.25, 0.3) is 0 Å². The van der Waals surface area contributed by atoms with Gasteiger partial charge in [0.2, 0.25) is 0 Å². The van der Waals surface area contributed by atoms with E-state index in [0.29, 0.717) is 6.42 Å². The molecule has 0 saturated heterocycles. The van der Waals surface area contributed by atoms with Crippen LogP contribution >= 0.6 is 15.9 Å². The van der Waals surface area contributed by atoms with Gasteiger partial charge in [0, 0.05) is 5.41 Å². The summed E-state index contributed by atoms with van der Waals surface area (Å²) in [4.78, 5) is 21.7. The standard InChI is InChI=1S/C12H21BrO3/c1-4-5-6-7-8-12(3,9(2)14)10(13)11(15)16/h10H,4-8H2,1-3H3,(H,15,16). The lowest BCUT2D eigenvalue weighted by atomic mass is 9.78. The lowest BCUT2D eigenvalue weighted by molar-refractivity contribution is -0.142. The third-order valence-corrected chi connectivity index (χ3v) is 4.53. The first-order valence-corrected chi connectivity index (χ1v) is 6.65. The number of alkyl halides is 1. The monoisotopic (exact) mass is 292 g/mol. The number of hydrogen-bond donors (Lipinski definition) is 1. The van der Waals surface area contributed by atoms with Crippen molar-refractivity contribution in [2.45, 2.75) is 57.7 Å². The molecule has 0 saturated carbocycles. The zero-order valence-electron chi connectivity index (χ0n) is 10.3. The normalized spacial score (nSPS) is 16.5. The molecule has 0 spiro atoms. The first-order valence-electron chi connectivity index (χ1n) is 5.74. The number of hydrogen-bond acceptors (Lipinski definition) is 2. The molecule has 1 N–H and O–H groups in total. The molecule has 94 valence electrons. The molecule has 0 heterocycles. The Balaban J connectivity index is 4.46. The minimum atomic E-state index is -0.965. The summed E-state index contributed by atoms with van der Waals surface area (Å²) >= 11 is 3.11. The molecule has 0 fully saturated rings. The Morgan fingerprint density at radius 2 is 1.88 bits per heavy atom. The highest BCUT2D eigenvalue weighted by Gasteiger charge is 2.40. The summed E-state index contributed by atoms with van der Waals surface area (Å²) in [6, 6.07) is 0. The molecule has 0 aromatic rings. The van der Waals surface area contributed by atoms with Gasteiger partial charge in [-0.25, -0.2) is 0 Å². The number of rotatable bonds is 8. The molecule has 2 unspecified atom stereocenters. The summed E-state index contributed by atoms with van der Waals surface area (Å²) in [6.07, 6.45) is 4.85. The van der Waals surface area contributed by atoms with E-state index in [0.717, 1.165) is 25.7 Å². The lowest BCUT2D eigenvalue weighted by Crippen LogP contribution is -2.39. The molecule has 3 nitrogen and oxygen atoms in total. The highest BCUT2D eigenvalue weighted by Crippen LogP contribution is 2.34. The van der Waals surface area contributed by atoms with E-state index in [1.807, 2.05) is 0 Å². The lowest BCUT2D eigenvalue weighted by Gasteiger charge is -2.29. The van der Waals surface area contributed by atoms with E-state index < -0.39 is 16.2 Å². The van der Waals surface area contributed by atoms with Gasteiger partial charge in [0.05, 0.1) is 0 Å². The van der Waals surface area contributed by atoms with Crippen LogP contribution in [-0.2, 0) is 9.59 Å². The van der Waals surface area contributed by atoms with Crippen LogP contribution in [0.15, 0.2) is 0 Å². The summed E-state index contributed by atoms with van der Waals surface area (Å²) in [5.74, 6) is -1.03. The second kappa shape index (κ2) is 7.05. The minimum Gasteiger partial charge on any atom is -0.480 e. The molecule has 0 bridgehead atoms. The van der Waals surface area contributed by atoms with Crippen LogP contribution in [0.5, 0.6) is 0 Å². The summed E-state index contributed by atoms with van der Waals surface area (Å²) in [7, 11) is 0. The van der Waals surface area contributed by atoms with Gasteiger partial charge in [0.1, 0.15) is 10.6 Å². The second-order valence-corrected chi connectivity index (χ2v) is 5.40. The first kappa shape index (κ1) is 15.6. The molecule has 0 aliphatic heterocycles. The Bertz CT molecular complexity index is 253. The number of carbonyl (C=O) groups excluding carboxylic acids is 1. The Hall–Kier alpha value is -0.380. The van der Waals surface area contributed by atoms with E-state index in [4.69, 9.17) is 5.11 Å². The number of carboxylic acid groups (broad SMARTS) is 1. The van der Waals surface area contributed by atoms with Crippen molar-refractivity contribution in [2.75, 3.05) is 0 Å². The van der Waals surface area contributed by atoms with Gasteiger partial charge in [0.15, 0.2) is 0 Å². The molecule has 0 aromatic heterocycles. The number of Topliss-reactive ketones (excluding diaryl/α,β-unsaturated/α-hetero) is 1. The molecule has 0 aromatic carbocycles. The number of ketones is 1. The van der Waals surface area contributed by atoms with E-state index in [9.17, 15) is 9.59 Å². The highest BCUT2D eigenvalue weighted by molar-refractivity contribution is 9.10. The van der Waals surface area contributed by atoms with Crippen molar-refractivity contribution in [1.82, 2.24) is 0 Å². The fourth-order valence-electron chi connectivity index (χ4n) is 1.67. The summed E-state index contributed by atoms with van der Waals surface area (Å²) in [6.45, 7) is 5.32. The average molecular weight is 293 g/mol. The maximum Gasteiger partial charge on any atom is 0.318 e. The summed E-state index contributed by atoms with van der Waals surface area (Å²) in [5.41, 5.74) is -0.792. The zero-order chi connectivity index (χ0) is 12.8. The molecule has 0 radical (unpaired) electrons. The first-order chi connectivity index (χ1) is 7.36. The van der Waals surface area contributed by atoms with Gasteiger partial charge in [-0.3, -0.25) is 9.59 Å². The number of carbonyl (C=O) groups is 2. The van der Waals surface area contributed by atoms with Crippen LogP contribution in [0.1, 0.15) is 52.9 Å². The Labute approximate surface area is 106 Å². The van der Waals surface area contributed by atoms with Crippen molar-refractivity contribution in [3.8, 4) is 0 Å². The molecular weight excluding hydrogens is 272 g/mol. The SMILES string of the molecule is CCCCCCC(C)(C(C)=O)C(Br)C(=O)O. The van der Waals surface area contributed by atoms with E-state index in [1.54, 1.807) is 6.92 Å². The van der Waals surface area contributed by atoms with Gasteiger partial charge < -0.3 is 5.11 Å². The van der Waals surface area contributed by atoms with Crippen LogP contribution in [0.2, 0.25) is 0 Å². The molecule has 2 atom stereocenters. The van der Waals surface area contributed by atoms with Crippen molar-refractivity contribution in [2.24, 2.45) is 5.41 Å². The Morgan fingerprint density at radius 3 is 2.25 bits per heavy atom. The Kier molecular flexibility index (Phi) is 6.88. The van der Waals surface area contributed by atoms with Gasteiger partial charge in [0.25, 0.3) is 0 Å². The third kappa shape index (κ3) is 4.24. The van der Waals surface area contributed by atoms with Gasteiger partial charge in [-0.05, 0) is 13.3 Å². The Morgan fingerprint density at radius 1 is 1.31 bits per heavy atom. The van der Waals surface area contributed by atoms with E-state index >= 15 is 0 Å². The number of aliphatic carboxylic acids is 1. The number of carboxylic acids is 1. The van der Waals surface area contributed by atoms with Crippen LogP contribution in [0, 0.1) is 5.41 Å². The van der Waals surface area contributed by atoms with Crippen LogP contribution in [0.4, 0.5) is 0 Å².